The number of nitrogens with zero attached hydrogens (tertiary/aromatic N) is 2. The first kappa shape index (κ1) is 17.1. The molecule has 1 aliphatic heterocycles. The summed E-state index contributed by atoms with van der Waals surface area (Å²) in [5.74, 6) is -1.60. The fourth-order valence-electron chi connectivity index (χ4n) is 2.00. The van der Waals surface area contributed by atoms with Crippen molar-refractivity contribution in [1.82, 2.24) is 5.32 Å². The first-order valence-electron chi connectivity index (χ1n) is 7.31. The van der Waals surface area contributed by atoms with Crippen LogP contribution in [0.1, 0.15) is 11.1 Å². The molecule has 0 bridgehead atoms. The second-order valence-corrected chi connectivity index (χ2v) is 6.03. The molecule has 1 N–H and O–H groups in total. The van der Waals surface area contributed by atoms with Crippen molar-refractivity contribution >= 4 is 29.1 Å². The highest BCUT2D eigenvalue weighted by Gasteiger charge is 2.15. The second kappa shape index (κ2) is 7.89. The van der Waals surface area contributed by atoms with E-state index in [1.54, 1.807) is 30.5 Å². The number of hydrogen-bond donors (Lipinski definition) is 1. The molecule has 0 unspecified atom stereocenters. The van der Waals surface area contributed by atoms with Gasteiger partial charge in [-0.05, 0) is 23.3 Å². The summed E-state index contributed by atoms with van der Waals surface area (Å²) in [6.45, 7) is 0.0419. The lowest BCUT2D eigenvalue weighted by molar-refractivity contribution is -0.116. The van der Waals surface area contributed by atoms with Crippen LogP contribution >= 0.6 is 11.8 Å². The maximum Gasteiger partial charge on any atom is 0.236 e. The molecule has 0 saturated carbocycles. The maximum atomic E-state index is 13.5. The average molecular weight is 361 g/mol. The highest BCUT2D eigenvalue weighted by Crippen LogP contribution is 2.22. The molecule has 3 rings (SSSR count). The highest BCUT2D eigenvalue weighted by molar-refractivity contribution is 8.15. The van der Waals surface area contributed by atoms with Gasteiger partial charge in [-0.2, -0.15) is 5.10 Å². The molecule has 0 radical (unpaired) electrons. The van der Waals surface area contributed by atoms with Crippen molar-refractivity contribution < 1.29 is 18.3 Å². The fourth-order valence-corrected chi connectivity index (χ4v) is 2.63. The molecule has 1 amide bonds. The van der Waals surface area contributed by atoms with Crippen molar-refractivity contribution in [3.8, 4) is 5.75 Å². The molecule has 1 saturated heterocycles. The predicted octanol–water partition coefficient (Wildman–Crippen LogP) is 3.10. The van der Waals surface area contributed by atoms with Crippen LogP contribution < -0.4 is 10.1 Å². The van der Waals surface area contributed by atoms with Gasteiger partial charge in [-0.1, -0.05) is 42.1 Å². The molecule has 25 heavy (non-hydrogen) atoms. The number of amidine groups is 1. The third kappa shape index (κ3) is 4.63. The van der Waals surface area contributed by atoms with Crippen LogP contribution in [0.3, 0.4) is 0 Å². The van der Waals surface area contributed by atoms with E-state index in [0.717, 1.165) is 23.3 Å². The smallest absolute Gasteiger partial charge is 0.236 e. The number of carbonyl (C=O) groups excluding carboxylic acids is 1. The number of halogens is 2. The van der Waals surface area contributed by atoms with Gasteiger partial charge in [0, 0.05) is 0 Å². The zero-order chi connectivity index (χ0) is 17.6. The fraction of sp³-hybridized carbons (Fsp3) is 0.118. The quantitative estimate of drug-likeness (QED) is 0.658. The third-order valence-corrected chi connectivity index (χ3v) is 4.09. The molecule has 2 aromatic carbocycles. The highest BCUT2D eigenvalue weighted by atomic mass is 32.2. The van der Waals surface area contributed by atoms with Gasteiger partial charge in [0.2, 0.25) is 5.91 Å². The van der Waals surface area contributed by atoms with Crippen LogP contribution in [0.4, 0.5) is 8.78 Å². The molecule has 5 nitrogen and oxygen atoms in total. The Labute approximate surface area is 146 Å². The Morgan fingerprint density at radius 2 is 1.88 bits per heavy atom. The van der Waals surface area contributed by atoms with Crippen LogP contribution in [0.5, 0.6) is 5.75 Å². The van der Waals surface area contributed by atoms with E-state index in [2.05, 4.69) is 15.5 Å². The molecular weight excluding hydrogens is 348 g/mol. The van der Waals surface area contributed by atoms with Gasteiger partial charge in [0.15, 0.2) is 22.6 Å². The van der Waals surface area contributed by atoms with Gasteiger partial charge in [0.25, 0.3) is 0 Å². The summed E-state index contributed by atoms with van der Waals surface area (Å²) >= 11 is 1.29. The van der Waals surface area contributed by atoms with Gasteiger partial charge >= 0.3 is 0 Å². The molecule has 0 atom stereocenters. The van der Waals surface area contributed by atoms with Crippen molar-refractivity contribution in [2.24, 2.45) is 10.2 Å². The predicted molar refractivity (Wildman–Crippen MR) is 92.8 cm³/mol. The summed E-state index contributed by atoms with van der Waals surface area (Å²) < 4.78 is 32.2. The first-order valence-corrected chi connectivity index (χ1v) is 8.30. The van der Waals surface area contributed by atoms with E-state index in [-0.39, 0.29) is 18.3 Å². The summed E-state index contributed by atoms with van der Waals surface area (Å²) in [4.78, 5) is 11.0. The minimum atomic E-state index is -0.736. The van der Waals surface area contributed by atoms with Crippen molar-refractivity contribution in [3.63, 3.8) is 0 Å². The lowest BCUT2D eigenvalue weighted by Gasteiger charge is -2.08. The summed E-state index contributed by atoms with van der Waals surface area (Å²) in [6.07, 6.45) is 1.54. The first-order chi connectivity index (χ1) is 12.1. The van der Waals surface area contributed by atoms with Crippen LogP contribution in [-0.4, -0.2) is 23.0 Å². The Morgan fingerprint density at radius 1 is 1.16 bits per heavy atom. The molecule has 1 fully saturated rings. The Kier molecular flexibility index (Phi) is 5.39. The molecule has 2 aromatic rings. The molecule has 1 heterocycles. The number of nitrogens with one attached hydrogen (secondary N) is 1. The standard InChI is InChI=1S/C17H13F2N3O2S/c18-13-2-1-3-14(19)16(13)24-9-12-6-4-11(5-7-12)8-20-22-17-21-15(23)10-25-17/h1-8H,9-10H2,(H,21,22,23). The maximum absolute atomic E-state index is 13.5. The summed E-state index contributed by atoms with van der Waals surface area (Å²) in [7, 11) is 0. The Morgan fingerprint density at radius 3 is 2.52 bits per heavy atom. The van der Waals surface area contributed by atoms with E-state index in [4.69, 9.17) is 4.74 Å². The Bertz CT molecular complexity index is 818. The number of rotatable bonds is 5. The Balaban J connectivity index is 1.58. The number of benzene rings is 2. The molecular formula is C17H13F2N3O2S. The van der Waals surface area contributed by atoms with Crippen LogP contribution in [0.25, 0.3) is 0 Å². The topological polar surface area (TPSA) is 63.0 Å². The van der Waals surface area contributed by atoms with Crippen molar-refractivity contribution in [2.75, 3.05) is 5.75 Å². The number of hydrogen-bond acceptors (Lipinski definition) is 5. The van der Waals surface area contributed by atoms with Crippen LogP contribution in [0, 0.1) is 11.6 Å². The van der Waals surface area contributed by atoms with Crippen molar-refractivity contribution in [2.45, 2.75) is 6.61 Å². The third-order valence-electron chi connectivity index (χ3n) is 3.22. The largest absolute Gasteiger partial charge is 0.483 e. The number of carbonyl (C=O) groups is 1. The van der Waals surface area contributed by atoms with Crippen LogP contribution in [0.15, 0.2) is 52.7 Å². The van der Waals surface area contributed by atoms with E-state index < -0.39 is 11.6 Å². The van der Waals surface area contributed by atoms with Gasteiger partial charge in [-0.15, -0.1) is 5.10 Å². The number of amides is 1. The van der Waals surface area contributed by atoms with Crippen molar-refractivity contribution in [1.29, 1.82) is 0 Å². The van der Waals surface area contributed by atoms with Crippen LogP contribution in [0.2, 0.25) is 0 Å². The molecule has 8 heteroatoms. The molecule has 0 spiro atoms. The normalized spacial score (nSPS) is 15.8. The molecule has 0 aromatic heterocycles. The number of thioether (sulfide) groups is 1. The Hall–Kier alpha value is -2.74. The molecule has 0 aliphatic carbocycles. The lowest BCUT2D eigenvalue weighted by atomic mass is 10.1. The number of ether oxygens (including phenoxy) is 1. The van der Waals surface area contributed by atoms with Gasteiger partial charge < -0.3 is 10.1 Å². The van der Waals surface area contributed by atoms with Crippen LogP contribution in [-0.2, 0) is 11.4 Å². The van der Waals surface area contributed by atoms with E-state index in [1.807, 2.05) is 0 Å². The monoisotopic (exact) mass is 361 g/mol. The lowest BCUT2D eigenvalue weighted by Crippen LogP contribution is -2.19. The van der Waals surface area contributed by atoms with E-state index in [1.165, 1.54) is 17.8 Å². The van der Waals surface area contributed by atoms with E-state index in [0.29, 0.717) is 10.9 Å². The van der Waals surface area contributed by atoms with Gasteiger partial charge in [-0.3, -0.25) is 4.79 Å². The van der Waals surface area contributed by atoms with Gasteiger partial charge in [0.05, 0.1) is 12.0 Å². The summed E-state index contributed by atoms with van der Waals surface area (Å²) in [5, 5.41) is 10.8. The van der Waals surface area contributed by atoms with Gasteiger partial charge in [-0.25, -0.2) is 8.78 Å². The molecule has 128 valence electrons. The van der Waals surface area contributed by atoms with Gasteiger partial charge in [0.1, 0.15) is 6.61 Å². The van der Waals surface area contributed by atoms with E-state index in [9.17, 15) is 13.6 Å². The molecule has 1 aliphatic rings. The SMILES string of the molecule is O=C1CSC(=NN=Cc2ccc(COc3c(F)cccc3F)cc2)N1. The van der Waals surface area contributed by atoms with Crippen molar-refractivity contribution in [3.05, 3.63) is 65.2 Å². The number of para-hydroxylation sites is 1. The second-order valence-electron chi connectivity index (χ2n) is 5.07. The van der Waals surface area contributed by atoms with E-state index >= 15 is 0 Å². The zero-order valence-electron chi connectivity index (χ0n) is 12.9. The summed E-state index contributed by atoms with van der Waals surface area (Å²) in [6, 6.07) is 10.7. The minimum Gasteiger partial charge on any atom is -0.483 e. The summed E-state index contributed by atoms with van der Waals surface area (Å²) in [5.41, 5.74) is 1.55. The average Bonchev–Trinajstić information content (AvgIpc) is 3.01. The minimum absolute atomic E-state index is 0.0419. The zero-order valence-corrected chi connectivity index (χ0v) is 13.7.